The van der Waals surface area contributed by atoms with Gasteiger partial charge in [-0.2, -0.15) is 8.78 Å². The molecule has 0 N–H and O–H groups in total. The molecule has 2 heterocycles. The highest BCUT2D eigenvalue weighted by molar-refractivity contribution is 7.14. The maximum absolute atomic E-state index is 13.4. The van der Waals surface area contributed by atoms with E-state index in [9.17, 15) is 23.2 Å². The molecule has 8 heteroatoms. The Labute approximate surface area is 135 Å². The van der Waals surface area contributed by atoms with Crippen molar-refractivity contribution >= 4 is 29.5 Å². The highest BCUT2D eigenvalue weighted by Gasteiger charge is 2.52. The van der Waals surface area contributed by atoms with Gasteiger partial charge in [0.05, 0.1) is 18.5 Å². The molecule has 2 rings (SSSR count). The molecule has 122 valence electrons. The van der Waals surface area contributed by atoms with E-state index < -0.39 is 30.3 Å². The monoisotopic (exact) mass is 341 g/mol. The van der Waals surface area contributed by atoms with E-state index in [1.807, 2.05) is 0 Å². The number of esters is 1. The van der Waals surface area contributed by atoms with Crippen LogP contribution < -0.4 is 0 Å². The molecule has 1 saturated heterocycles. The Morgan fingerprint density at radius 1 is 1.57 bits per heavy atom. The van der Waals surface area contributed by atoms with E-state index in [2.05, 4.69) is 16.6 Å². The van der Waals surface area contributed by atoms with Gasteiger partial charge in [-0.1, -0.05) is 11.8 Å². The number of likely N-dealkylation sites (tertiary alicyclic amines) is 1. The van der Waals surface area contributed by atoms with Crippen LogP contribution in [0.5, 0.6) is 0 Å². The molecule has 1 atom stereocenters. The van der Waals surface area contributed by atoms with Crippen molar-refractivity contribution in [3.05, 3.63) is 21.9 Å². The minimum atomic E-state index is -3.45. The Balaban J connectivity index is 2.07. The maximum atomic E-state index is 13.4. The van der Waals surface area contributed by atoms with Gasteiger partial charge in [0.25, 0.3) is 5.91 Å². The summed E-state index contributed by atoms with van der Waals surface area (Å²) in [6.07, 6.45) is -0.298. The van der Waals surface area contributed by atoms with Gasteiger partial charge < -0.3 is 14.4 Å². The number of nitrogens with zero attached hydrogens (tertiary/aromatic N) is 1. The number of hydrogen-bond acceptors (Lipinski definition) is 5. The van der Waals surface area contributed by atoms with Gasteiger partial charge in [0.2, 0.25) is 0 Å². The van der Waals surface area contributed by atoms with Crippen LogP contribution in [0, 0.1) is 11.8 Å². The van der Waals surface area contributed by atoms with Crippen molar-refractivity contribution in [1.29, 1.82) is 0 Å². The Morgan fingerprint density at radius 3 is 2.96 bits per heavy atom. The van der Waals surface area contributed by atoms with E-state index in [0.717, 1.165) is 16.2 Å². The topological polar surface area (TPSA) is 63.7 Å². The fourth-order valence-corrected chi connectivity index (χ4v) is 3.02. The first-order valence-electron chi connectivity index (χ1n) is 6.68. The first-order chi connectivity index (χ1) is 10.9. The Kier molecular flexibility index (Phi) is 5.11. The number of amides is 1. The van der Waals surface area contributed by atoms with Gasteiger partial charge in [-0.25, -0.2) is 4.79 Å². The average molecular weight is 341 g/mol. The predicted molar refractivity (Wildman–Crippen MR) is 78.3 cm³/mol. The summed E-state index contributed by atoms with van der Waals surface area (Å²) in [5.41, 5.74) is 0. The third-order valence-corrected chi connectivity index (χ3v) is 4.31. The molecular formula is C15H13F2NO4S. The zero-order valence-electron chi connectivity index (χ0n) is 12.2. The minimum Gasteiger partial charge on any atom is -0.465 e. The summed E-state index contributed by atoms with van der Waals surface area (Å²) in [6.45, 7) is -0.196. The molecule has 0 spiro atoms. The Morgan fingerprint density at radius 2 is 2.30 bits per heavy atom. The molecule has 1 unspecified atom stereocenters. The Bertz CT molecular complexity index is 689. The first kappa shape index (κ1) is 17.1. The molecule has 0 radical (unpaired) electrons. The molecule has 0 aliphatic carbocycles. The van der Waals surface area contributed by atoms with E-state index in [1.165, 1.54) is 7.11 Å². The zero-order valence-corrected chi connectivity index (χ0v) is 13.0. The second-order valence-corrected chi connectivity index (χ2v) is 5.94. The summed E-state index contributed by atoms with van der Waals surface area (Å²) in [4.78, 5) is 35.3. The molecule has 1 aromatic rings. The number of aldehydes is 1. The third kappa shape index (κ3) is 3.74. The van der Waals surface area contributed by atoms with Gasteiger partial charge in [0.15, 0.2) is 0 Å². The summed E-state index contributed by atoms with van der Waals surface area (Å²) in [5.74, 6) is 0.113. The summed E-state index contributed by atoms with van der Waals surface area (Å²) in [5, 5.41) is 0. The SMILES string of the molecule is COC(=O)c1ccc(C#CCN2C(=O)C(F)(F)CC2CC=O)s1. The van der Waals surface area contributed by atoms with Gasteiger partial charge in [0, 0.05) is 18.9 Å². The van der Waals surface area contributed by atoms with Crippen molar-refractivity contribution in [2.24, 2.45) is 0 Å². The predicted octanol–water partition coefficient (Wildman–Crippen LogP) is 1.71. The molecule has 5 nitrogen and oxygen atoms in total. The highest BCUT2D eigenvalue weighted by atomic mass is 32.1. The number of ether oxygens (including phenoxy) is 1. The van der Waals surface area contributed by atoms with Crippen LogP contribution in [0.15, 0.2) is 12.1 Å². The lowest BCUT2D eigenvalue weighted by atomic mass is 10.1. The number of methoxy groups -OCH3 is 1. The lowest BCUT2D eigenvalue weighted by Crippen LogP contribution is -2.36. The summed E-state index contributed by atoms with van der Waals surface area (Å²) < 4.78 is 31.4. The summed E-state index contributed by atoms with van der Waals surface area (Å²) in [7, 11) is 1.26. The molecular weight excluding hydrogens is 328 g/mol. The summed E-state index contributed by atoms with van der Waals surface area (Å²) >= 11 is 1.10. The lowest BCUT2D eigenvalue weighted by molar-refractivity contribution is -0.147. The van der Waals surface area contributed by atoms with Crippen LogP contribution in [0.3, 0.4) is 0 Å². The number of halogens is 2. The van der Waals surface area contributed by atoms with Crippen molar-refractivity contribution in [2.45, 2.75) is 24.8 Å². The lowest BCUT2D eigenvalue weighted by Gasteiger charge is -2.19. The van der Waals surface area contributed by atoms with Crippen LogP contribution in [0.1, 0.15) is 27.4 Å². The van der Waals surface area contributed by atoms with Crippen molar-refractivity contribution < 1.29 is 27.9 Å². The molecule has 1 amide bonds. The van der Waals surface area contributed by atoms with Crippen molar-refractivity contribution in [2.75, 3.05) is 13.7 Å². The molecule has 0 bridgehead atoms. The quantitative estimate of drug-likeness (QED) is 0.475. The molecule has 1 aromatic heterocycles. The first-order valence-corrected chi connectivity index (χ1v) is 7.50. The number of carbonyl (C=O) groups excluding carboxylic acids is 3. The second kappa shape index (κ2) is 6.87. The number of alkyl halides is 2. The smallest absolute Gasteiger partial charge is 0.348 e. The standard InChI is InChI=1S/C15H13F2NO4S/c1-22-13(20)12-5-4-11(23-12)3-2-7-18-10(6-8-19)9-15(16,17)14(18)21/h4-5,8,10H,6-7,9H2,1H3. The average Bonchev–Trinajstić information content (AvgIpc) is 3.05. The number of hydrogen-bond donors (Lipinski definition) is 0. The zero-order chi connectivity index (χ0) is 17.0. The van der Waals surface area contributed by atoms with E-state index in [-0.39, 0.29) is 13.0 Å². The molecule has 1 aliphatic rings. The molecule has 1 aliphatic heterocycles. The largest absolute Gasteiger partial charge is 0.465 e. The number of thiophene rings is 1. The second-order valence-electron chi connectivity index (χ2n) is 4.86. The van der Waals surface area contributed by atoms with Crippen LogP contribution in [-0.4, -0.2) is 48.7 Å². The van der Waals surface area contributed by atoms with E-state index >= 15 is 0 Å². The van der Waals surface area contributed by atoms with Gasteiger partial charge in [0.1, 0.15) is 11.2 Å². The van der Waals surface area contributed by atoms with E-state index in [0.29, 0.717) is 16.0 Å². The minimum absolute atomic E-state index is 0.144. The fourth-order valence-electron chi connectivity index (χ4n) is 2.22. The maximum Gasteiger partial charge on any atom is 0.348 e. The number of rotatable bonds is 4. The fraction of sp³-hybridized carbons (Fsp3) is 0.400. The van der Waals surface area contributed by atoms with Crippen molar-refractivity contribution in [1.82, 2.24) is 4.90 Å². The van der Waals surface area contributed by atoms with Crippen molar-refractivity contribution in [3.63, 3.8) is 0 Å². The molecule has 0 saturated carbocycles. The highest BCUT2D eigenvalue weighted by Crippen LogP contribution is 2.34. The van der Waals surface area contributed by atoms with Crippen LogP contribution in [0.4, 0.5) is 8.78 Å². The van der Waals surface area contributed by atoms with Gasteiger partial charge in [-0.3, -0.25) is 4.79 Å². The van der Waals surface area contributed by atoms with Crippen LogP contribution >= 0.6 is 11.3 Å². The Hall–Kier alpha value is -2.27. The van der Waals surface area contributed by atoms with Crippen LogP contribution in [0.2, 0.25) is 0 Å². The third-order valence-electron chi connectivity index (χ3n) is 3.33. The normalized spacial score (nSPS) is 19.2. The van der Waals surface area contributed by atoms with E-state index in [4.69, 9.17) is 0 Å². The summed E-state index contributed by atoms with van der Waals surface area (Å²) in [6, 6.07) is 2.32. The number of carbonyl (C=O) groups is 3. The van der Waals surface area contributed by atoms with Gasteiger partial charge >= 0.3 is 11.9 Å². The van der Waals surface area contributed by atoms with Crippen LogP contribution in [0.25, 0.3) is 0 Å². The van der Waals surface area contributed by atoms with Gasteiger partial charge in [-0.15, -0.1) is 11.3 Å². The molecule has 23 heavy (non-hydrogen) atoms. The van der Waals surface area contributed by atoms with Gasteiger partial charge in [-0.05, 0) is 12.1 Å². The molecule has 0 aromatic carbocycles. The van der Waals surface area contributed by atoms with Crippen LogP contribution in [-0.2, 0) is 14.3 Å². The van der Waals surface area contributed by atoms with Crippen molar-refractivity contribution in [3.8, 4) is 11.8 Å². The molecule has 1 fully saturated rings. The van der Waals surface area contributed by atoms with E-state index in [1.54, 1.807) is 12.1 Å².